The SMILES string of the molecule is C[C]1([Rb])Cn2cc([N+](=O)[O-])nc2O1. The minimum absolute atomic E-state index is 0.0981. The first-order chi connectivity index (χ1) is 5.98. The van der Waals surface area contributed by atoms with Gasteiger partial charge in [0.2, 0.25) is 0 Å². The van der Waals surface area contributed by atoms with Crippen molar-refractivity contribution >= 4 is 61.4 Å². The van der Waals surface area contributed by atoms with Crippen molar-refractivity contribution in [1.82, 2.24) is 9.55 Å². The van der Waals surface area contributed by atoms with E-state index >= 15 is 0 Å². The third kappa shape index (κ3) is 1.85. The van der Waals surface area contributed by atoms with Gasteiger partial charge in [0.25, 0.3) is 0 Å². The maximum atomic E-state index is 10.4. The summed E-state index contributed by atoms with van der Waals surface area (Å²) < 4.78 is 7.07. The van der Waals surface area contributed by atoms with Crippen LogP contribution in [-0.2, 0) is 6.54 Å². The fraction of sp³-hybridized carbons (Fsp3) is 0.500. The molecule has 0 saturated heterocycles. The van der Waals surface area contributed by atoms with Crippen molar-refractivity contribution in [2.75, 3.05) is 0 Å². The molecule has 1 aliphatic rings. The van der Waals surface area contributed by atoms with Gasteiger partial charge in [0, 0.05) is 0 Å². The van der Waals surface area contributed by atoms with Gasteiger partial charge >= 0.3 is 115 Å². The number of fused-ring (bicyclic) bond motifs is 1. The summed E-state index contributed by atoms with van der Waals surface area (Å²) in [5, 5.41) is 10.4. The molecule has 6 nitrogen and oxygen atoms in total. The summed E-state index contributed by atoms with van der Waals surface area (Å²) in [7, 11) is 0. The van der Waals surface area contributed by atoms with Gasteiger partial charge < -0.3 is 0 Å². The van der Waals surface area contributed by atoms with Crippen molar-refractivity contribution in [1.29, 1.82) is 0 Å². The molecule has 0 fully saturated rings. The average molecular weight is 254 g/mol. The normalized spacial score (nSPS) is 25.5. The molecule has 1 unspecified atom stereocenters. The molecule has 7 heteroatoms. The van der Waals surface area contributed by atoms with E-state index < -0.39 is 4.92 Å². The van der Waals surface area contributed by atoms with E-state index in [0.717, 1.165) is 0 Å². The van der Waals surface area contributed by atoms with E-state index in [0.29, 0.717) is 68.1 Å². The van der Waals surface area contributed by atoms with Crippen molar-refractivity contribution in [2.24, 2.45) is 0 Å². The third-order valence-electron chi connectivity index (χ3n) is 1.83. The van der Waals surface area contributed by atoms with E-state index in [1.807, 2.05) is 6.92 Å². The summed E-state index contributed by atoms with van der Waals surface area (Å²) in [5.74, 6) is -0.138. The van der Waals surface area contributed by atoms with Crippen LogP contribution in [0.15, 0.2) is 6.20 Å². The van der Waals surface area contributed by atoms with Crippen LogP contribution in [0.4, 0.5) is 5.82 Å². The Bertz CT molecular complexity index is 348. The standard InChI is InChI=1S/C6H6N3O3.Rb/c1-4-2-8-3-5(9(10)11)7-6(8)12-4;/h3H,2H2,1H3;. The van der Waals surface area contributed by atoms with Crippen molar-refractivity contribution < 1.29 is 9.66 Å². The van der Waals surface area contributed by atoms with E-state index in [1.165, 1.54) is 6.20 Å². The van der Waals surface area contributed by atoms with Gasteiger partial charge in [0.15, 0.2) is 0 Å². The van der Waals surface area contributed by atoms with Crippen LogP contribution in [0, 0.1) is 10.1 Å². The zero-order valence-electron chi connectivity index (χ0n) is 7.35. The van der Waals surface area contributed by atoms with Crippen molar-refractivity contribution in [3.63, 3.8) is 0 Å². The Morgan fingerprint density at radius 1 is 1.92 bits per heavy atom. The van der Waals surface area contributed by atoms with E-state index in [4.69, 9.17) is 4.74 Å². The molecular formula is C6H6N3O3Rb. The van der Waals surface area contributed by atoms with E-state index in [9.17, 15) is 10.1 Å². The predicted molar refractivity (Wildman–Crippen MR) is 43.7 cm³/mol. The molecule has 2 rings (SSSR count). The number of aromatic nitrogens is 2. The van der Waals surface area contributed by atoms with Crippen LogP contribution >= 0.6 is 0 Å². The van der Waals surface area contributed by atoms with Crippen LogP contribution in [0.25, 0.3) is 0 Å². The van der Waals surface area contributed by atoms with Crippen molar-refractivity contribution in [3.05, 3.63) is 16.3 Å². The number of hydrogen-bond donors (Lipinski definition) is 0. The summed E-state index contributed by atoms with van der Waals surface area (Å²) in [6, 6.07) is 0.383. The van der Waals surface area contributed by atoms with Crippen LogP contribution in [0.5, 0.6) is 6.01 Å². The molecule has 0 bridgehead atoms. The molecule has 0 spiro atoms. The number of nitro groups is 1. The van der Waals surface area contributed by atoms with Crippen LogP contribution in [0.1, 0.15) is 6.92 Å². The molecule has 1 aromatic heterocycles. The van der Waals surface area contributed by atoms with Crippen LogP contribution in [0.3, 0.4) is 0 Å². The number of nitrogens with zero attached hydrogens (tertiary/aromatic N) is 3. The number of hydrogen-bond acceptors (Lipinski definition) is 4. The molecule has 64 valence electrons. The van der Waals surface area contributed by atoms with Crippen LogP contribution < -0.4 is 4.74 Å². The second kappa shape index (κ2) is 3.11. The van der Waals surface area contributed by atoms with Gasteiger partial charge in [-0.15, -0.1) is 0 Å². The molecule has 0 saturated carbocycles. The van der Waals surface area contributed by atoms with Gasteiger partial charge in [-0.25, -0.2) is 0 Å². The second-order valence-electron chi connectivity index (χ2n) is 3.63. The Balaban J connectivity index is 2.34. The molecule has 0 N–H and O–H groups in total. The van der Waals surface area contributed by atoms with Gasteiger partial charge in [-0.05, 0) is 0 Å². The summed E-state index contributed by atoms with van der Waals surface area (Å²) in [6.07, 6.45) is 1.43. The summed E-state index contributed by atoms with van der Waals surface area (Å²) >= 11 is 0.341. The Morgan fingerprint density at radius 2 is 2.62 bits per heavy atom. The first-order valence-electron chi connectivity index (χ1n) is 3.88. The maximum absolute atomic E-state index is 10.4. The summed E-state index contributed by atoms with van der Waals surface area (Å²) in [4.78, 5) is 13.6. The summed E-state index contributed by atoms with van der Waals surface area (Å²) in [5.41, 5.74) is 0. The van der Waals surface area contributed by atoms with Gasteiger partial charge in [0.1, 0.15) is 0 Å². The van der Waals surface area contributed by atoms with Gasteiger partial charge in [0.05, 0.1) is 0 Å². The zero-order valence-corrected chi connectivity index (χ0v) is 12.3. The fourth-order valence-electron chi connectivity index (χ4n) is 1.36. The molecule has 13 heavy (non-hydrogen) atoms. The first-order valence-corrected chi connectivity index (χ1v) is 6.34. The van der Waals surface area contributed by atoms with E-state index in [-0.39, 0.29) is 4.49 Å². The topological polar surface area (TPSA) is 70.2 Å². The molecule has 0 aliphatic carbocycles. The monoisotopic (exact) mass is 253 g/mol. The van der Waals surface area contributed by atoms with Crippen molar-refractivity contribution in [2.45, 2.75) is 12.1 Å². The number of ether oxygens (including phenoxy) is 1. The van der Waals surface area contributed by atoms with Crippen molar-refractivity contribution in [3.8, 4) is 6.01 Å². The quantitative estimate of drug-likeness (QED) is 0.525. The Kier molecular flexibility index (Phi) is 2.34. The molecule has 0 radical (unpaired) electrons. The van der Waals surface area contributed by atoms with Crippen LogP contribution in [0.2, 0.25) is 0 Å². The molecule has 0 aromatic carbocycles. The Labute approximate surface area is 113 Å². The molecule has 2 heterocycles. The van der Waals surface area contributed by atoms with Gasteiger partial charge in [-0.2, -0.15) is 0 Å². The zero-order chi connectivity index (χ0) is 9.64. The minimum atomic E-state index is -0.509. The Hall–Kier alpha value is 0.215. The fourth-order valence-corrected chi connectivity index (χ4v) is 2.64. The molecule has 1 aliphatic heterocycles. The number of rotatable bonds is 1. The van der Waals surface area contributed by atoms with E-state index in [1.54, 1.807) is 4.57 Å². The number of imidazole rings is 1. The van der Waals surface area contributed by atoms with Gasteiger partial charge in [-0.3, -0.25) is 0 Å². The molecular weight excluding hydrogens is 248 g/mol. The molecule has 1 atom stereocenters. The molecule has 0 amide bonds. The Morgan fingerprint density at radius 3 is 3.15 bits per heavy atom. The van der Waals surface area contributed by atoms with Gasteiger partial charge in [-0.1, -0.05) is 0 Å². The second-order valence-corrected chi connectivity index (χ2v) is 8.83. The third-order valence-corrected chi connectivity index (χ3v) is 3.11. The van der Waals surface area contributed by atoms with E-state index in [2.05, 4.69) is 4.98 Å². The average Bonchev–Trinajstić information content (AvgIpc) is 2.39. The first kappa shape index (κ1) is 9.76. The summed E-state index contributed by atoms with van der Waals surface area (Å²) in [6.45, 7) is 2.70. The predicted octanol–water partition coefficient (Wildman–Crippen LogP) is 0.0684. The van der Waals surface area contributed by atoms with Crippen LogP contribution in [-0.4, -0.2) is 68.7 Å². The molecule has 1 aromatic rings.